The molecule has 0 aromatic rings. The largest absolute Gasteiger partial charge is 0.378 e. The van der Waals surface area contributed by atoms with Crippen LogP contribution in [0.15, 0.2) is 0 Å². The van der Waals surface area contributed by atoms with E-state index in [1.54, 1.807) is 0 Å². The van der Waals surface area contributed by atoms with Crippen LogP contribution in [0.5, 0.6) is 0 Å². The SMILES string of the molecule is CCCCCCCCCCC1(CNCCC)CCOC1C. The van der Waals surface area contributed by atoms with Gasteiger partial charge in [0.2, 0.25) is 0 Å². The van der Waals surface area contributed by atoms with Crippen LogP contribution in [0.2, 0.25) is 0 Å². The fourth-order valence-corrected chi connectivity index (χ4v) is 3.59. The Morgan fingerprint density at radius 2 is 1.62 bits per heavy atom. The van der Waals surface area contributed by atoms with E-state index in [1.807, 2.05) is 0 Å². The molecule has 126 valence electrons. The second kappa shape index (κ2) is 11.5. The van der Waals surface area contributed by atoms with Gasteiger partial charge < -0.3 is 10.1 Å². The van der Waals surface area contributed by atoms with E-state index in [1.165, 1.54) is 70.6 Å². The predicted octanol–water partition coefficient (Wildman–Crippen LogP) is 5.31. The second-order valence-electron chi connectivity index (χ2n) is 7.03. The van der Waals surface area contributed by atoms with Crippen molar-refractivity contribution < 1.29 is 4.74 Å². The van der Waals surface area contributed by atoms with Gasteiger partial charge in [0.15, 0.2) is 0 Å². The molecule has 1 N–H and O–H groups in total. The van der Waals surface area contributed by atoms with E-state index in [4.69, 9.17) is 4.74 Å². The number of nitrogens with one attached hydrogen (secondary N) is 1. The van der Waals surface area contributed by atoms with Gasteiger partial charge in [-0.1, -0.05) is 65.2 Å². The van der Waals surface area contributed by atoms with Crippen LogP contribution in [0.3, 0.4) is 0 Å². The standard InChI is InChI=1S/C19H39NO/c1-4-6-7-8-9-10-11-12-13-19(17-20-15-5-2)14-16-21-18(19)3/h18,20H,4-17H2,1-3H3. The van der Waals surface area contributed by atoms with Crippen LogP contribution in [-0.2, 0) is 4.74 Å². The first-order chi connectivity index (χ1) is 10.2. The lowest BCUT2D eigenvalue weighted by Gasteiger charge is -2.32. The zero-order chi connectivity index (χ0) is 15.4. The van der Waals surface area contributed by atoms with Crippen LogP contribution < -0.4 is 5.32 Å². The number of rotatable bonds is 13. The van der Waals surface area contributed by atoms with Crippen molar-refractivity contribution in [2.24, 2.45) is 5.41 Å². The lowest BCUT2D eigenvalue weighted by Crippen LogP contribution is -2.39. The maximum absolute atomic E-state index is 5.88. The molecule has 1 heterocycles. The van der Waals surface area contributed by atoms with Gasteiger partial charge in [-0.25, -0.2) is 0 Å². The molecule has 21 heavy (non-hydrogen) atoms. The topological polar surface area (TPSA) is 21.3 Å². The first-order valence-corrected chi connectivity index (χ1v) is 9.57. The Bertz CT molecular complexity index is 244. The van der Waals surface area contributed by atoms with Crippen LogP contribution in [-0.4, -0.2) is 25.8 Å². The maximum atomic E-state index is 5.88. The Balaban J connectivity index is 2.15. The number of hydrogen-bond acceptors (Lipinski definition) is 2. The van der Waals surface area contributed by atoms with Gasteiger partial charge in [-0.15, -0.1) is 0 Å². The average Bonchev–Trinajstić information content (AvgIpc) is 2.84. The minimum Gasteiger partial charge on any atom is -0.378 e. The summed E-state index contributed by atoms with van der Waals surface area (Å²) in [5.74, 6) is 0. The molecule has 2 atom stereocenters. The van der Waals surface area contributed by atoms with Crippen molar-refractivity contribution in [2.45, 2.75) is 97.5 Å². The molecule has 0 radical (unpaired) electrons. The molecule has 0 bridgehead atoms. The highest BCUT2D eigenvalue weighted by Crippen LogP contribution is 2.39. The third kappa shape index (κ3) is 7.15. The summed E-state index contributed by atoms with van der Waals surface area (Å²) in [6.07, 6.45) is 15.6. The number of ether oxygens (including phenoxy) is 1. The molecule has 2 nitrogen and oxygen atoms in total. The molecule has 0 aromatic heterocycles. The number of unbranched alkanes of at least 4 members (excludes halogenated alkanes) is 7. The fraction of sp³-hybridized carbons (Fsp3) is 1.00. The first-order valence-electron chi connectivity index (χ1n) is 9.57. The first kappa shape index (κ1) is 19.0. The number of hydrogen-bond donors (Lipinski definition) is 1. The Hall–Kier alpha value is -0.0800. The van der Waals surface area contributed by atoms with E-state index in [0.29, 0.717) is 11.5 Å². The van der Waals surface area contributed by atoms with Crippen molar-refractivity contribution in [1.29, 1.82) is 0 Å². The summed E-state index contributed by atoms with van der Waals surface area (Å²) >= 11 is 0. The quantitative estimate of drug-likeness (QED) is 0.465. The van der Waals surface area contributed by atoms with Crippen LogP contribution in [0.4, 0.5) is 0 Å². The highest BCUT2D eigenvalue weighted by molar-refractivity contribution is 4.91. The predicted molar refractivity (Wildman–Crippen MR) is 92.9 cm³/mol. The lowest BCUT2D eigenvalue weighted by molar-refractivity contribution is 0.0571. The molecule has 0 aliphatic carbocycles. The molecule has 2 heteroatoms. The monoisotopic (exact) mass is 297 g/mol. The molecule has 0 saturated carbocycles. The summed E-state index contributed by atoms with van der Waals surface area (Å²) in [5, 5.41) is 3.64. The smallest absolute Gasteiger partial charge is 0.0616 e. The zero-order valence-corrected chi connectivity index (χ0v) is 14.9. The average molecular weight is 298 g/mol. The minimum absolute atomic E-state index is 0.414. The molecule has 2 unspecified atom stereocenters. The Morgan fingerprint density at radius 3 is 2.19 bits per heavy atom. The lowest BCUT2D eigenvalue weighted by atomic mass is 9.77. The summed E-state index contributed by atoms with van der Waals surface area (Å²) in [4.78, 5) is 0. The normalized spacial score (nSPS) is 25.6. The van der Waals surface area contributed by atoms with Crippen LogP contribution in [0.25, 0.3) is 0 Å². The van der Waals surface area contributed by atoms with Crippen molar-refractivity contribution in [2.75, 3.05) is 19.7 Å². The fourth-order valence-electron chi connectivity index (χ4n) is 3.59. The van der Waals surface area contributed by atoms with E-state index in [2.05, 4.69) is 26.1 Å². The Kier molecular flexibility index (Phi) is 10.4. The van der Waals surface area contributed by atoms with Gasteiger partial charge in [-0.3, -0.25) is 0 Å². The Labute approximate surface area is 133 Å². The molecule has 1 rings (SSSR count). The van der Waals surface area contributed by atoms with Crippen LogP contribution in [0.1, 0.15) is 91.4 Å². The third-order valence-electron chi connectivity index (χ3n) is 5.26. The molecule has 0 spiro atoms. The molecule has 1 fully saturated rings. The molecular formula is C19H39NO. The van der Waals surface area contributed by atoms with Crippen molar-refractivity contribution in [1.82, 2.24) is 5.32 Å². The van der Waals surface area contributed by atoms with Crippen molar-refractivity contribution in [3.8, 4) is 0 Å². The maximum Gasteiger partial charge on any atom is 0.0616 e. The van der Waals surface area contributed by atoms with Gasteiger partial charge in [-0.2, -0.15) is 0 Å². The van der Waals surface area contributed by atoms with E-state index in [9.17, 15) is 0 Å². The van der Waals surface area contributed by atoms with Gasteiger partial charge in [0.05, 0.1) is 6.10 Å². The molecule has 1 aliphatic heterocycles. The van der Waals surface area contributed by atoms with Gasteiger partial charge in [0.25, 0.3) is 0 Å². The van der Waals surface area contributed by atoms with Crippen LogP contribution in [0, 0.1) is 5.41 Å². The van der Waals surface area contributed by atoms with Gasteiger partial charge in [0.1, 0.15) is 0 Å². The Morgan fingerprint density at radius 1 is 0.952 bits per heavy atom. The summed E-state index contributed by atoms with van der Waals surface area (Å²) in [6.45, 7) is 10.1. The molecule has 1 saturated heterocycles. The van der Waals surface area contributed by atoms with Crippen molar-refractivity contribution in [3.63, 3.8) is 0 Å². The van der Waals surface area contributed by atoms with Crippen molar-refractivity contribution in [3.05, 3.63) is 0 Å². The second-order valence-corrected chi connectivity index (χ2v) is 7.03. The summed E-state index contributed by atoms with van der Waals surface area (Å²) in [6, 6.07) is 0. The van der Waals surface area contributed by atoms with E-state index >= 15 is 0 Å². The van der Waals surface area contributed by atoms with E-state index in [0.717, 1.165) is 19.7 Å². The summed E-state index contributed by atoms with van der Waals surface area (Å²) < 4.78 is 5.88. The van der Waals surface area contributed by atoms with Crippen molar-refractivity contribution >= 4 is 0 Å². The highest BCUT2D eigenvalue weighted by atomic mass is 16.5. The highest BCUT2D eigenvalue weighted by Gasteiger charge is 2.40. The van der Waals surface area contributed by atoms with E-state index in [-0.39, 0.29) is 0 Å². The molecule has 1 aliphatic rings. The molecule has 0 aromatic carbocycles. The zero-order valence-electron chi connectivity index (χ0n) is 14.9. The molecular weight excluding hydrogens is 258 g/mol. The third-order valence-corrected chi connectivity index (χ3v) is 5.26. The van der Waals surface area contributed by atoms with Gasteiger partial charge in [0, 0.05) is 18.6 Å². The van der Waals surface area contributed by atoms with Crippen LogP contribution >= 0.6 is 0 Å². The summed E-state index contributed by atoms with van der Waals surface area (Å²) in [5.41, 5.74) is 0.414. The van der Waals surface area contributed by atoms with Gasteiger partial charge >= 0.3 is 0 Å². The van der Waals surface area contributed by atoms with Gasteiger partial charge in [-0.05, 0) is 32.7 Å². The summed E-state index contributed by atoms with van der Waals surface area (Å²) in [7, 11) is 0. The minimum atomic E-state index is 0.414. The van der Waals surface area contributed by atoms with E-state index < -0.39 is 0 Å². The molecule has 0 amide bonds.